The van der Waals surface area contributed by atoms with E-state index in [0.29, 0.717) is 13.0 Å². The predicted octanol–water partition coefficient (Wildman–Crippen LogP) is 4.17. The number of nitrogens with zero attached hydrogens (tertiary/aromatic N) is 1. The Balaban J connectivity index is 1.70. The van der Waals surface area contributed by atoms with Gasteiger partial charge in [0.05, 0.1) is 6.04 Å². The van der Waals surface area contributed by atoms with Crippen molar-refractivity contribution in [3.05, 3.63) is 71.7 Å². The Bertz CT molecular complexity index is 856. The topological polar surface area (TPSA) is 36.1 Å². The maximum Gasteiger partial charge on any atom is 0.223 e. The van der Waals surface area contributed by atoms with Gasteiger partial charge in [-0.25, -0.2) is 4.39 Å². The fraction of sp³-hybridized carbons (Fsp3) is 0.211. The molecule has 116 valence electrons. The first kappa shape index (κ1) is 14.0. The van der Waals surface area contributed by atoms with Gasteiger partial charge >= 0.3 is 0 Å². The van der Waals surface area contributed by atoms with Crippen LogP contribution in [-0.4, -0.2) is 15.8 Å². The Hall–Kier alpha value is -2.62. The highest BCUT2D eigenvalue weighted by Crippen LogP contribution is 2.35. The van der Waals surface area contributed by atoms with Gasteiger partial charge in [-0.3, -0.25) is 4.79 Å². The van der Waals surface area contributed by atoms with Gasteiger partial charge in [0, 0.05) is 30.1 Å². The van der Waals surface area contributed by atoms with Crippen molar-refractivity contribution in [2.45, 2.75) is 25.4 Å². The van der Waals surface area contributed by atoms with Crippen LogP contribution in [0.4, 0.5) is 4.39 Å². The van der Waals surface area contributed by atoms with Crippen LogP contribution in [0.25, 0.3) is 10.9 Å². The van der Waals surface area contributed by atoms with E-state index in [1.807, 2.05) is 41.3 Å². The molecule has 0 radical (unpaired) electrons. The molecule has 3 nitrogen and oxygen atoms in total. The summed E-state index contributed by atoms with van der Waals surface area (Å²) >= 11 is 0. The molecule has 1 aliphatic heterocycles. The van der Waals surface area contributed by atoms with Gasteiger partial charge in [0.1, 0.15) is 5.82 Å². The number of fused-ring (bicyclic) bond motifs is 1. The molecule has 0 unspecified atom stereocenters. The maximum atomic E-state index is 13.8. The van der Waals surface area contributed by atoms with Crippen LogP contribution in [-0.2, 0) is 11.3 Å². The maximum absolute atomic E-state index is 13.8. The average molecular weight is 308 g/mol. The van der Waals surface area contributed by atoms with Crippen LogP contribution in [0.1, 0.15) is 30.0 Å². The highest BCUT2D eigenvalue weighted by Gasteiger charge is 2.32. The minimum Gasteiger partial charge on any atom is -0.361 e. The number of amides is 1. The third-order valence-electron chi connectivity index (χ3n) is 4.57. The van der Waals surface area contributed by atoms with E-state index in [2.05, 4.69) is 4.98 Å². The Morgan fingerprint density at radius 1 is 1.17 bits per heavy atom. The van der Waals surface area contributed by atoms with Gasteiger partial charge in [-0.2, -0.15) is 0 Å². The Morgan fingerprint density at radius 2 is 2.00 bits per heavy atom. The van der Waals surface area contributed by atoms with Crippen LogP contribution >= 0.6 is 0 Å². The molecule has 1 atom stereocenters. The van der Waals surface area contributed by atoms with Gasteiger partial charge in [0.25, 0.3) is 0 Å². The number of hydrogen-bond donors (Lipinski definition) is 1. The lowest BCUT2D eigenvalue weighted by atomic mass is 10.0. The third-order valence-corrected chi connectivity index (χ3v) is 4.57. The van der Waals surface area contributed by atoms with E-state index in [1.54, 1.807) is 6.20 Å². The van der Waals surface area contributed by atoms with E-state index in [4.69, 9.17) is 0 Å². The smallest absolute Gasteiger partial charge is 0.223 e. The van der Waals surface area contributed by atoms with E-state index < -0.39 is 0 Å². The molecule has 4 rings (SSSR count). The Morgan fingerprint density at radius 3 is 2.83 bits per heavy atom. The van der Waals surface area contributed by atoms with Crippen molar-refractivity contribution < 1.29 is 9.18 Å². The van der Waals surface area contributed by atoms with Crippen LogP contribution in [0.2, 0.25) is 0 Å². The molecule has 0 spiro atoms. The number of carbonyl (C=O) groups excluding carboxylic acids is 1. The fourth-order valence-corrected chi connectivity index (χ4v) is 3.47. The molecular weight excluding hydrogens is 291 g/mol. The zero-order chi connectivity index (χ0) is 15.8. The lowest BCUT2D eigenvalue weighted by Crippen LogP contribution is -2.27. The molecule has 1 amide bonds. The number of benzene rings is 2. The average Bonchev–Trinajstić information content (AvgIpc) is 3.16. The van der Waals surface area contributed by atoms with Crippen LogP contribution in [0.3, 0.4) is 0 Å². The van der Waals surface area contributed by atoms with E-state index in [0.717, 1.165) is 28.5 Å². The lowest BCUT2D eigenvalue weighted by molar-refractivity contribution is -0.129. The molecule has 0 saturated carbocycles. The molecule has 1 aliphatic rings. The lowest BCUT2D eigenvalue weighted by Gasteiger charge is -2.25. The summed E-state index contributed by atoms with van der Waals surface area (Å²) in [4.78, 5) is 17.3. The monoisotopic (exact) mass is 308 g/mol. The first-order chi connectivity index (χ1) is 11.2. The summed E-state index contributed by atoms with van der Waals surface area (Å²) in [6.07, 6.45) is 3.16. The number of aromatic amines is 1. The molecule has 2 aromatic carbocycles. The second kappa shape index (κ2) is 5.54. The molecule has 1 N–H and O–H groups in total. The van der Waals surface area contributed by atoms with Gasteiger partial charge in [0.15, 0.2) is 0 Å². The molecule has 4 heteroatoms. The molecule has 1 aromatic heterocycles. The molecule has 23 heavy (non-hydrogen) atoms. The summed E-state index contributed by atoms with van der Waals surface area (Å²) < 4.78 is 13.8. The quantitative estimate of drug-likeness (QED) is 0.774. The summed E-state index contributed by atoms with van der Waals surface area (Å²) in [6, 6.07) is 15.1. The fourth-order valence-electron chi connectivity index (χ4n) is 3.47. The van der Waals surface area contributed by atoms with Gasteiger partial charge < -0.3 is 9.88 Å². The van der Waals surface area contributed by atoms with Crippen molar-refractivity contribution in [2.24, 2.45) is 0 Å². The molecule has 1 fully saturated rings. The van der Waals surface area contributed by atoms with Crippen LogP contribution < -0.4 is 0 Å². The zero-order valence-electron chi connectivity index (χ0n) is 12.6. The largest absolute Gasteiger partial charge is 0.361 e. The van der Waals surface area contributed by atoms with E-state index in [9.17, 15) is 9.18 Å². The number of nitrogens with one attached hydrogen (secondary N) is 1. The predicted molar refractivity (Wildman–Crippen MR) is 87.2 cm³/mol. The Labute approximate surface area is 133 Å². The minimum atomic E-state index is -0.280. The van der Waals surface area contributed by atoms with Crippen molar-refractivity contribution in [2.75, 3.05) is 0 Å². The molecule has 0 aliphatic carbocycles. The summed E-state index contributed by atoms with van der Waals surface area (Å²) in [5.41, 5.74) is 2.75. The summed E-state index contributed by atoms with van der Waals surface area (Å²) in [5.74, 6) is -0.148. The first-order valence-electron chi connectivity index (χ1n) is 7.82. The van der Waals surface area contributed by atoms with Gasteiger partial charge in [-0.1, -0.05) is 30.3 Å². The van der Waals surface area contributed by atoms with Crippen LogP contribution in [0.15, 0.2) is 54.7 Å². The van der Waals surface area contributed by atoms with Crippen molar-refractivity contribution in [1.29, 1.82) is 0 Å². The molecule has 2 heterocycles. The van der Waals surface area contributed by atoms with Gasteiger partial charge in [0.2, 0.25) is 5.91 Å². The summed E-state index contributed by atoms with van der Waals surface area (Å²) in [5, 5.41) is 0.970. The standard InChI is InChI=1S/C19H17FN2O/c20-15-10-14(16-8-9-21-17(16)11-15)12-22-18(6-7-19(22)23)13-4-2-1-3-5-13/h1-5,8-11,18,21H,6-7,12H2/t18-/m0/s1. The first-order valence-corrected chi connectivity index (χ1v) is 7.82. The number of hydrogen-bond acceptors (Lipinski definition) is 1. The Kier molecular flexibility index (Phi) is 3.37. The second-order valence-electron chi connectivity index (χ2n) is 5.99. The van der Waals surface area contributed by atoms with E-state index in [-0.39, 0.29) is 17.8 Å². The minimum absolute atomic E-state index is 0.0703. The number of likely N-dealkylation sites (tertiary alicyclic amines) is 1. The van der Waals surface area contributed by atoms with E-state index >= 15 is 0 Å². The van der Waals surface area contributed by atoms with Crippen molar-refractivity contribution >= 4 is 16.8 Å². The third kappa shape index (κ3) is 2.50. The normalized spacial score (nSPS) is 18.0. The van der Waals surface area contributed by atoms with Crippen molar-refractivity contribution in [3.63, 3.8) is 0 Å². The number of halogens is 1. The van der Waals surface area contributed by atoms with Crippen LogP contribution in [0, 0.1) is 5.82 Å². The molecular formula is C19H17FN2O. The SMILES string of the molecule is O=C1CC[C@@H](c2ccccc2)N1Cc1cc(F)cc2[nH]ccc12. The summed E-state index contributed by atoms with van der Waals surface area (Å²) in [6.45, 7) is 0.435. The van der Waals surface area contributed by atoms with Crippen molar-refractivity contribution in [1.82, 2.24) is 9.88 Å². The molecule has 0 bridgehead atoms. The second-order valence-corrected chi connectivity index (χ2v) is 5.99. The highest BCUT2D eigenvalue weighted by molar-refractivity contribution is 5.84. The summed E-state index contributed by atoms with van der Waals surface area (Å²) in [7, 11) is 0. The van der Waals surface area contributed by atoms with Crippen molar-refractivity contribution in [3.8, 4) is 0 Å². The number of aromatic nitrogens is 1. The number of carbonyl (C=O) groups is 1. The molecule has 3 aromatic rings. The highest BCUT2D eigenvalue weighted by atomic mass is 19.1. The van der Waals surface area contributed by atoms with Gasteiger partial charge in [-0.05, 0) is 35.7 Å². The van der Waals surface area contributed by atoms with Crippen LogP contribution in [0.5, 0.6) is 0 Å². The zero-order valence-corrected chi connectivity index (χ0v) is 12.6. The number of rotatable bonds is 3. The number of H-pyrrole nitrogens is 1. The molecule has 1 saturated heterocycles. The van der Waals surface area contributed by atoms with Gasteiger partial charge in [-0.15, -0.1) is 0 Å². The van der Waals surface area contributed by atoms with E-state index in [1.165, 1.54) is 12.1 Å².